The molecule has 1 amide bonds. The third kappa shape index (κ3) is 3.30. The molecule has 0 saturated carbocycles. The molecule has 5 rings (SSSR count). The molecule has 0 unspecified atom stereocenters. The number of aromatic nitrogens is 4. The van der Waals surface area contributed by atoms with Gasteiger partial charge in [-0.15, -0.1) is 0 Å². The van der Waals surface area contributed by atoms with Crippen LogP contribution in [-0.4, -0.2) is 57.2 Å². The fourth-order valence-corrected chi connectivity index (χ4v) is 4.04. The maximum absolute atomic E-state index is 11.6. The van der Waals surface area contributed by atoms with Crippen molar-refractivity contribution in [2.24, 2.45) is 0 Å². The molecule has 8 heteroatoms. The number of amides is 1. The van der Waals surface area contributed by atoms with Crippen LogP contribution in [-0.2, 0) is 4.79 Å². The molecule has 2 aromatic heterocycles. The van der Waals surface area contributed by atoms with E-state index < -0.39 is 0 Å². The van der Waals surface area contributed by atoms with E-state index in [0.29, 0.717) is 5.95 Å². The molecular formula is C22H23N7O. The van der Waals surface area contributed by atoms with Crippen molar-refractivity contribution in [3.8, 4) is 0 Å². The highest BCUT2D eigenvalue weighted by atomic mass is 16.2. The van der Waals surface area contributed by atoms with Gasteiger partial charge >= 0.3 is 0 Å². The zero-order chi connectivity index (χ0) is 20.7. The summed E-state index contributed by atoms with van der Waals surface area (Å²) in [5.41, 5.74) is 5.08. The fraction of sp³-hybridized carbons (Fsp3) is 0.273. The van der Waals surface area contributed by atoms with Gasteiger partial charge in [0.05, 0.1) is 17.2 Å². The number of nitrogens with zero attached hydrogens (tertiary/aromatic N) is 5. The number of piperazine rings is 1. The van der Waals surface area contributed by atoms with Crippen LogP contribution in [0.5, 0.6) is 0 Å². The van der Waals surface area contributed by atoms with Crippen LogP contribution in [0.25, 0.3) is 21.8 Å². The minimum Gasteiger partial charge on any atom is -0.368 e. The molecule has 0 spiro atoms. The minimum absolute atomic E-state index is 0.140. The number of nitrogens with one attached hydrogen (secondary N) is 2. The summed E-state index contributed by atoms with van der Waals surface area (Å²) in [5, 5.41) is 12.4. The molecule has 2 N–H and O–H groups in total. The lowest BCUT2D eigenvalue weighted by Gasteiger charge is -2.36. The fourth-order valence-electron chi connectivity index (χ4n) is 4.04. The molecule has 1 fully saturated rings. The van der Waals surface area contributed by atoms with Crippen molar-refractivity contribution in [2.75, 3.05) is 36.4 Å². The van der Waals surface area contributed by atoms with E-state index in [1.165, 1.54) is 0 Å². The molecule has 1 aliphatic heterocycles. The topological polar surface area (TPSA) is 90.0 Å². The van der Waals surface area contributed by atoms with Crippen molar-refractivity contribution in [1.29, 1.82) is 0 Å². The highest BCUT2D eigenvalue weighted by Crippen LogP contribution is 2.29. The van der Waals surface area contributed by atoms with E-state index in [1.807, 2.05) is 29.3 Å². The van der Waals surface area contributed by atoms with Crippen LogP contribution in [0.3, 0.4) is 0 Å². The Hall–Kier alpha value is -3.68. The Balaban J connectivity index is 1.43. The first-order chi connectivity index (χ1) is 14.6. The summed E-state index contributed by atoms with van der Waals surface area (Å²) in [6.07, 6.45) is 3.65. The molecule has 2 aromatic carbocycles. The smallest absolute Gasteiger partial charge is 0.227 e. The average Bonchev–Trinajstić information content (AvgIpc) is 3.22. The summed E-state index contributed by atoms with van der Waals surface area (Å²) in [6, 6.07) is 10.2. The largest absolute Gasteiger partial charge is 0.368 e. The number of rotatable bonds is 3. The van der Waals surface area contributed by atoms with E-state index in [9.17, 15) is 4.79 Å². The molecule has 8 nitrogen and oxygen atoms in total. The molecule has 0 radical (unpaired) electrons. The summed E-state index contributed by atoms with van der Waals surface area (Å²) in [4.78, 5) is 25.1. The van der Waals surface area contributed by atoms with E-state index in [0.717, 1.165) is 64.9 Å². The van der Waals surface area contributed by atoms with Gasteiger partial charge in [-0.2, -0.15) is 5.10 Å². The monoisotopic (exact) mass is 401 g/mol. The van der Waals surface area contributed by atoms with E-state index in [2.05, 4.69) is 44.5 Å². The number of benzene rings is 2. The minimum atomic E-state index is 0.140. The first-order valence-electron chi connectivity index (χ1n) is 10.1. The number of carbonyl (C=O) groups is 1. The Morgan fingerprint density at radius 2 is 1.87 bits per heavy atom. The van der Waals surface area contributed by atoms with Crippen molar-refractivity contribution in [2.45, 2.75) is 13.8 Å². The van der Waals surface area contributed by atoms with Gasteiger partial charge in [-0.3, -0.25) is 9.89 Å². The number of aryl methyl sites for hydroxylation is 1. The number of hydrogen-bond donors (Lipinski definition) is 2. The van der Waals surface area contributed by atoms with E-state index in [1.54, 1.807) is 13.1 Å². The van der Waals surface area contributed by atoms with Gasteiger partial charge in [-0.25, -0.2) is 9.97 Å². The van der Waals surface area contributed by atoms with Crippen molar-refractivity contribution in [3.63, 3.8) is 0 Å². The third-order valence-electron chi connectivity index (χ3n) is 5.74. The van der Waals surface area contributed by atoms with Crippen molar-refractivity contribution in [3.05, 3.63) is 48.3 Å². The number of carbonyl (C=O) groups excluding carboxylic acids is 1. The maximum Gasteiger partial charge on any atom is 0.227 e. The normalized spacial score (nSPS) is 14.5. The molecule has 0 aliphatic carbocycles. The lowest BCUT2D eigenvalue weighted by atomic mass is 10.1. The van der Waals surface area contributed by atoms with Crippen LogP contribution in [0.1, 0.15) is 12.5 Å². The number of hydrogen-bond acceptors (Lipinski definition) is 6. The third-order valence-corrected chi connectivity index (χ3v) is 5.74. The van der Waals surface area contributed by atoms with Crippen LogP contribution >= 0.6 is 0 Å². The molecule has 4 aromatic rings. The van der Waals surface area contributed by atoms with Crippen LogP contribution in [0, 0.1) is 6.92 Å². The van der Waals surface area contributed by atoms with E-state index >= 15 is 0 Å². The van der Waals surface area contributed by atoms with Crippen molar-refractivity contribution >= 4 is 45.0 Å². The van der Waals surface area contributed by atoms with Crippen LogP contribution < -0.4 is 10.2 Å². The number of H-pyrrole nitrogens is 1. The van der Waals surface area contributed by atoms with Gasteiger partial charge in [0.25, 0.3) is 0 Å². The van der Waals surface area contributed by atoms with Gasteiger partial charge in [0.2, 0.25) is 11.9 Å². The van der Waals surface area contributed by atoms with Gasteiger partial charge in [0.1, 0.15) is 0 Å². The number of fused-ring (bicyclic) bond motifs is 2. The van der Waals surface area contributed by atoms with E-state index in [4.69, 9.17) is 4.98 Å². The van der Waals surface area contributed by atoms with Crippen molar-refractivity contribution in [1.82, 2.24) is 25.1 Å². The number of aromatic amines is 1. The Bertz CT molecular complexity index is 1240. The zero-order valence-corrected chi connectivity index (χ0v) is 17.0. The quantitative estimate of drug-likeness (QED) is 0.548. The van der Waals surface area contributed by atoms with Gasteiger partial charge in [-0.1, -0.05) is 0 Å². The first-order valence-corrected chi connectivity index (χ1v) is 10.1. The Kier molecular flexibility index (Phi) is 4.46. The SMILES string of the molecule is CC(=O)N1CCN(c2ccc3cnc(Nc4ccc5cn[nH]c5c4)nc3c2C)CC1. The second-order valence-electron chi connectivity index (χ2n) is 7.63. The lowest BCUT2D eigenvalue weighted by molar-refractivity contribution is -0.129. The standard InChI is InChI=1S/C22H23N7O/c1-14-20(29-9-7-28(8-10-29)15(2)30)6-4-17-12-23-22(26-21(14)17)25-18-5-3-16-13-24-27-19(16)11-18/h3-6,11-13H,7-10H2,1-2H3,(H,24,27)(H,23,25,26). The summed E-state index contributed by atoms with van der Waals surface area (Å²) in [5.74, 6) is 0.699. The summed E-state index contributed by atoms with van der Waals surface area (Å²) in [6.45, 7) is 6.88. The number of anilines is 3. The van der Waals surface area contributed by atoms with Gasteiger partial charge in [0.15, 0.2) is 0 Å². The Morgan fingerprint density at radius 3 is 2.67 bits per heavy atom. The molecule has 0 bridgehead atoms. The van der Waals surface area contributed by atoms with Crippen LogP contribution in [0.15, 0.2) is 42.7 Å². The zero-order valence-electron chi connectivity index (χ0n) is 17.0. The van der Waals surface area contributed by atoms with Crippen LogP contribution in [0.2, 0.25) is 0 Å². The first kappa shape index (κ1) is 18.4. The maximum atomic E-state index is 11.6. The highest BCUT2D eigenvalue weighted by Gasteiger charge is 2.21. The van der Waals surface area contributed by atoms with Gasteiger partial charge in [-0.05, 0) is 42.8 Å². The second kappa shape index (κ2) is 7.29. The predicted molar refractivity (Wildman–Crippen MR) is 118 cm³/mol. The average molecular weight is 401 g/mol. The summed E-state index contributed by atoms with van der Waals surface area (Å²) in [7, 11) is 0. The van der Waals surface area contributed by atoms with Gasteiger partial charge in [0, 0.05) is 61.4 Å². The summed E-state index contributed by atoms with van der Waals surface area (Å²) < 4.78 is 0. The lowest BCUT2D eigenvalue weighted by Crippen LogP contribution is -2.48. The summed E-state index contributed by atoms with van der Waals surface area (Å²) >= 11 is 0. The Morgan fingerprint density at radius 1 is 1.07 bits per heavy atom. The molecule has 3 heterocycles. The molecular weight excluding hydrogens is 378 g/mol. The second-order valence-corrected chi connectivity index (χ2v) is 7.63. The molecule has 152 valence electrons. The highest BCUT2D eigenvalue weighted by molar-refractivity contribution is 5.88. The molecule has 1 saturated heterocycles. The Labute approximate surface area is 173 Å². The predicted octanol–water partition coefficient (Wildman–Crippen LogP) is 3.23. The van der Waals surface area contributed by atoms with Gasteiger partial charge < -0.3 is 15.1 Å². The van der Waals surface area contributed by atoms with E-state index in [-0.39, 0.29) is 5.91 Å². The molecule has 30 heavy (non-hydrogen) atoms. The van der Waals surface area contributed by atoms with Crippen LogP contribution in [0.4, 0.5) is 17.3 Å². The molecule has 0 atom stereocenters. The molecule has 1 aliphatic rings. The van der Waals surface area contributed by atoms with Crippen molar-refractivity contribution < 1.29 is 4.79 Å².